The number of furan rings is 1. The van der Waals surface area contributed by atoms with Gasteiger partial charge in [-0.1, -0.05) is 23.4 Å². The van der Waals surface area contributed by atoms with Gasteiger partial charge in [-0.2, -0.15) is 0 Å². The molecule has 18 heavy (non-hydrogen) atoms. The lowest BCUT2D eigenvalue weighted by atomic mass is 10.2. The van der Waals surface area contributed by atoms with E-state index in [9.17, 15) is 9.18 Å². The highest BCUT2D eigenvalue weighted by atomic mass is 35.5. The molecule has 0 amide bonds. The first-order valence-electron chi connectivity index (χ1n) is 4.96. The van der Waals surface area contributed by atoms with E-state index in [1.54, 1.807) is 0 Å². The quantitative estimate of drug-likeness (QED) is 0.861. The molecular formula is C12H8ClFO3S. The van der Waals surface area contributed by atoms with Crippen LogP contribution in [0.25, 0.3) is 0 Å². The van der Waals surface area contributed by atoms with Crippen molar-refractivity contribution in [3.8, 4) is 0 Å². The van der Waals surface area contributed by atoms with E-state index in [1.165, 1.54) is 42.1 Å². The zero-order chi connectivity index (χ0) is 13.1. The van der Waals surface area contributed by atoms with Gasteiger partial charge < -0.3 is 9.52 Å². The largest absolute Gasteiger partial charge is 0.475 e. The van der Waals surface area contributed by atoms with Crippen molar-refractivity contribution < 1.29 is 18.7 Å². The first kappa shape index (κ1) is 13.0. The highest BCUT2D eigenvalue weighted by molar-refractivity contribution is 7.98. The number of benzene rings is 1. The lowest BCUT2D eigenvalue weighted by Gasteiger charge is -2.02. The first-order valence-corrected chi connectivity index (χ1v) is 6.32. The number of hydrogen-bond acceptors (Lipinski definition) is 3. The van der Waals surface area contributed by atoms with Crippen molar-refractivity contribution in [3.05, 3.63) is 52.5 Å². The minimum atomic E-state index is -1.13. The molecule has 1 heterocycles. The number of carboxylic acid groups (broad SMARTS) is 1. The van der Waals surface area contributed by atoms with Crippen LogP contribution >= 0.6 is 23.4 Å². The standard InChI is InChI=1S/C12H8ClFO3S/c13-8-1-2-9(14)7(5-8)6-18-11-4-3-10(17-11)12(15)16/h1-5H,6H2,(H,15,16). The molecule has 0 bridgehead atoms. The Labute approximate surface area is 112 Å². The average molecular weight is 287 g/mol. The molecule has 6 heteroatoms. The van der Waals surface area contributed by atoms with Crippen molar-refractivity contribution in [1.82, 2.24) is 0 Å². The molecular weight excluding hydrogens is 279 g/mol. The van der Waals surface area contributed by atoms with Crippen LogP contribution in [0.2, 0.25) is 5.02 Å². The number of hydrogen-bond donors (Lipinski definition) is 1. The van der Waals surface area contributed by atoms with Gasteiger partial charge in [0.25, 0.3) is 0 Å². The summed E-state index contributed by atoms with van der Waals surface area (Å²) in [5.41, 5.74) is 0.445. The summed E-state index contributed by atoms with van der Waals surface area (Å²) in [6.07, 6.45) is 0. The molecule has 1 N–H and O–H groups in total. The minimum Gasteiger partial charge on any atom is -0.475 e. The van der Waals surface area contributed by atoms with Gasteiger partial charge in [0.2, 0.25) is 5.76 Å². The highest BCUT2D eigenvalue weighted by Crippen LogP contribution is 2.27. The molecule has 1 aromatic heterocycles. The van der Waals surface area contributed by atoms with Crippen LogP contribution in [0.3, 0.4) is 0 Å². The van der Waals surface area contributed by atoms with Gasteiger partial charge in [-0.15, -0.1) is 0 Å². The molecule has 0 atom stereocenters. The Bertz CT molecular complexity index is 582. The molecule has 0 saturated carbocycles. The summed E-state index contributed by atoms with van der Waals surface area (Å²) in [4.78, 5) is 10.6. The molecule has 0 fully saturated rings. The van der Waals surface area contributed by atoms with Crippen LogP contribution in [0.1, 0.15) is 16.1 Å². The smallest absolute Gasteiger partial charge is 0.371 e. The minimum absolute atomic E-state index is 0.135. The predicted octanol–water partition coefficient (Wildman–Crippen LogP) is 4.06. The third-order valence-electron chi connectivity index (χ3n) is 2.17. The van der Waals surface area contributed by atoms with E-state index in [0.717, 1.165) is 0 Å². The molecule has 0 aliphatic carbocycles. The molecule has 0 radical (unpaired) electrons. The molecule has 2 rings (SSSR count). The van der Waals surface area contributed by atoms with Crippen molar-refractivity contribution in [2.75, 3.05) is 0 Å². The van der Waals surface area contributed by atoms with Gasteiger partial charge in [0.1, 0.15) is 5.82 Å². The molecule has 3 nitrogen and oxygen atoms in total. The predicted molar refractivity (Wildman–Crippen MR) is 66.6 cm³/mol. The third kappa shape index (κ3) is 3.05. The molecule has 1 aromatic carbocycles. The van der Waals surface area contributed by atoms with E-state index < -0.39 is 5.97 Å². The second kappa shape index (κ2) is 5.46. The molecule has 0 aliphatic rings. The Balaban J connectivity index is 2.06. The summed E-state index contributed by atoms with van der Waals surface area (Å²) in [7, 11) is 0. The first-order chi connectivity index (χ1) is 8.56. The van der Waals surface area contributed by atoms with Gasteiger partial charge in [-0.3, -0.25) is 0 Å². The van der Waals surface area contributed by atoms with Crippen LogP contribution in [0, 0.1) is 5.82 Å². The lowest BCUT2D eigenvalue weighted by Crippen LogP contribution is -1.91. The van der Waals surface area contributed by atoms with Crippen molar-refractivity contribution in [1.29, 1.82) is 0 Å². The van der Waals surface area contributed by atoms with Gasteiger partial charge in [0.15, 0.2) is 5.09 Å². The van der Waals surface area contributed by atoms with E-state index in [0.29, 0.717) is 21.4 Å². The van der Waals surface area contributed by atoms with Gasteiger partial charge in [-0.05, 0) is 35.9 Å². The molecule has 0 saturated heterocycles. The second-order valence-electron chi connectivity index (χ2n) is 3.45. The number of aromatic carboxylic acids is 1. The number of rotatable bonds is 4. The zero-order valence-corrected chi connectivity index (χ0v) is 10.6. The molecule has 94 valence electrons. The number of halogens is 2. The monoisotopic (exact) mass is 286 g/mol. The van der Waals surface area contributed by atoms with Crippen LogP contribution in [-0.4, -0.2) is 11.1 Å². The highest BCUT2D eigenvalue weighted by Gasteiger charge is 2.10. The van der Waals surface area contributed by atoms with E-state index in [4.69, 9.17) is 21.1 Å². The molecule has 2 aromatic rings. The molecule has 0 aliphatic heterocycles. The Hall–Kier alpha value is -1.46. The van der Waals surface area contributed by atoms with E-state index in [2.05, 4.69) is 0 Å². The van der Waals surface area contributed by atoms with Gasteiger partial charge >= 0.3 is 5.97 Å². The van der Waals surface area contributed by atoms with Gasteiger partial charge in [-0.25, -0.2) is 9.18 Å². The van der Waals surface area contributed by atoms with Crippen LogP contribution in [0.4, 0.5) is 4.39 Å². The summed E-state index contributed by atoms with van der Waals surface area (Å²) in [6, 6.07) is 7.20. The Morgan fingerprint density at radius 2 is 2.17 bits per heavy atom. The number of carbonyl (C=O) groups is 1. The topological polar surface area (TPSA) is 50.4 Å². The normalized spacial score (nSPS) is 10.6. The fourth-order valence-electron chi connectivity index (χ4n) is 1.32. The van der Waals surface area contributed by atoms with Crippen LogP contribution in [-0.2, 0) is 5.75 Å². The Morgan fingerprint density at radius 1 is 1.39 bits per heavy atom. The summed E-state index contributed by atoms with van der Waals surface area (Å²) in [6.45, 7) is 0. The van der Waals surface area contributed by atoms with Gasteiger partial charge in [0.05, 0.1) is 0 Å². The number of carboxylic acids is 1. The van der Waals surface area contributed by atoms with Crippen molar-refractivity contribution in [3.63, 3.8) is 0 Å². The Kier molecular flexibility index (Phi) is 3.93. The molecule has 0 spiro atoms. The third-order valence-corrected chi connectivity index (χ3v) is 3.36. The van der Waals surface area contributed by atoms with E-state index in [1.807, 2.05) is 0 Å². The SMILES string of the molecule is O=C(O)c1ccc(SCc2cc(Cl)ccc2F)o1. The van der Waals surface area contributed by atoms with Gasteiger partial charge in [0, 0.05) is 10.8 Å². The van der Waals surface area contributed by atoms with E-state index in [-0.39, 0.29) is 11.6 Å². The summed E-state index contributed by atoms with van der Waals surface area (Å²) in [5, 5.41) is 9.56. The fourth-order valence-corrected chi connectivity index (χ4v) is 2.34. The zero-order valence-electron chi connectivity index (χ0n) is 9.02. The average Bonchev–Trinajstić information content (AvgIpc) is 2.79. The maximum absolute atomic E-state index is 13.4. The van der Waals surface area contributed by atoms with Crippen LogP contribution in [0.15, 0.2) is 39.8 Å². The number of thioether (sulfide) groups is 1. The van der Waals surface area contributed by atoms with Crippen LogP contribution in [0.5, 0.6) is 0 Å². The second-order valence-corrected chi connectivity index (χ2v) is 4.86. The lowest BCUT2D eigenvalue weighted by molar-refractivity contribution is 0.0656. The Morgan fingerprint density at radius 3 is 2.83 bits per heavy atom. The van der Waals surface area contributed by atoms with Crippen molar-refractivity contribution >= 4 is 29.3 Å². The maximum Gasteiger partial charge on any atom is 0.371 e. The summed E-state index contributed by atoms with van der Waals surface area (Å²) >= 11 is 6.97. The maximum atomic E-state index is 13.4. The van der Waals surface area contributed by atoms with E-state index >= 15 is 0 Å². The summed E-state index contributed by atoms with van der Waals surface area (Å²) in [5.74, 6) is -1.30. The summed E-state index contributed by atoms with van der Waals surface area (Å²) < 4.78 is 18.5. The fraction of sp³-hybridized carbons (Fsp3) is 0.0833. The molecule has 0 unspecified atom stereocenters. The van der Waals surface area contributed by atoms with Crippen molar-refractivity contribution in [2.24, 2.45) is 0 Å². The van der Waals surface area contributed by atoms with Crippen molar-refractivity contribution in [2.45, 2.75) is 10.8 Å². The van der Waals surface area contributed by atoms with Crippen LogP contribution < -0.4 is 0 Å².